The first-order valence-electron chi connectivity index (χ1n) is 6.56. The molecule has 1 heterocycles. The van der Waals surface area contributed by atoms with E-state index in [1.165, 1.54) is 32.2 Å². The maximum absolute atomic E-state index is 3.44. The molecule has 0 bridgehead atoms. The lowest BCUT2D eigenvalue weighted by Gasteiger charge is -2.12. The van der Waals surface area contributed by atoms with E-state index in [4.69, 9.17) is 0 Å². The summed E-state index contributed by atoms with van der Waals surface area (Å²) in [6.07, 6.45) is 9.93. The van der Waals surface area contributed by atoms with Gasteiger partial charge in [-0.3, -0.25) is 0 Å². The molecule has 1 fully saturated rings. The van der Waals surface area contributed by atoms with Gasteiger partial charge in [-0.25, -0.2) is 0 Å². The monoisotopic (exact) mass is 209 g/mol. The third-order valence-corrected chi connectivity index (χ3v) is 2.48. The predicted octanol–water partition coefficient (Wildman–Crippen LogP) is 4.07. The van der Waals surface area contributed by atoms with Crippen molar-refractivity contribution in [2.24, 2.45) is 0 Å². The van der Waals surface area contributed by atoms with Gasteiger partial charge in [0.1, 0.15) is 0 Å². The lowest BCUT2D eigenvalue weighted by atomic mass is 9.95. The highest BCUT2D eigenvalue weighted by Crippen LogP contribution is 2.23. The molecule has 2 rings (SSSR count). The van der Waals surface area contributed by atoms with Crippen LogP contribution < -0.4 is 5.32 Å². The first kappa shape index (κ1) is 14.4. The molecule has 0 amide bonds. The molecule has 1 heteroatoms. The van der Waals surface area contributed by atoms with E-state index in [2.05, 4.69) is 17.5 Å². The van der Waals surface area contributed by atoms with Crippen LogP contribution >= 0.6 is 0 Å². The van der Waals surface area contributed by atoms with Gasteiger partial charge in [0.25, 0.3) is 0 Å². The van der Waals surface area contributed by atoms with Crippen LogP contribution in [0.25, 0.3) is 0 Å². The van der Waals surface area contributed by atoms with Crippen LogP contribution in [0.4, 0.5) is 0 Å². The topological polar surface area (TPSA) is 12.0 Å². The van der Waals surface area contributed by atoms with Crippen LogP contribution in [-0.4, -0.2) is 13.1 Å². The Bertz CT molecular complexity index is 179. The minimum atomic E-state index is 1.10. The fourth-order valence-electron chi connectivity index (χ4n) is 1.85. The van der Waals surface area contributed by atoms with Crippen LogP contribution in [-0.2, 0) is 0 Å². The molecule has 0 saturated carbocycles. The third kappa shape index (κ3) is 5.17. The molecule has 0 radical (unpaired) electrons. The Morgan fingerprint density at radius 3 is 2.20 bits per heavy atom. The third-order valence-electron chi connectivity index (χ3n) is 2.48. The second-order valence-corrected chi connectivity index (χ2v) is 3.32. The van der Waals surface area contributed by atoms with E-state index >= 15 is 0 Å². The van der Waals surface area contributed by atoms with Gasteiger partial charge in [-0.15, -0.1) is 0 Å². The molecular formula is C14H27N. The Morgan fingerprint density at radius 2 is 1.53 bits per heavy atom. The summed E-state index contributed by atoms with van der Waals surface area (Å²) in [5.74, 6) is 0. The van der Waals surface area contributed by atoms with Crippen molar-refractivity contribution < 1.29 is 0 Å². The van der Waals surface area contributed by atoms with Crippen LogP contribution in [0.15, 0.2) is 23.3 Å². The molecule has 0 aromatic heterocycles. The van der Waals surface area contributed by atoms with Gasteiger partial charge in [0.15, 0.2) is 0 Å². The van der Waals surface area contributed by atoms with Crippen LogP contribution in [0.5, 0.6) is 0 Å². The minimum Gasteiger partial charge on any atom is -0.313 e. The van der Waals surface area contributed by atoms with E-state index in [1.54, 1.807) is 11.1 Å². The SMILES string of the molecule is C1=C2CCCNCC2=CCC1.CC.CC. The normalized spacial score (nSPS) is 18.9. The van der Waals surface area contributed by atoms with Gasteiger partial charge < -0.3 is 5.32 Å². The number of hydrogen-bond acceptors (Lipinski definition) is 1. The largest absolute Gasteiger partial charge is 0.313 e. The molecule has 15 heavy (non-hydrogen) atoms. The van der Waals surface area contributed by atoms with Crippen molar-refractivity contribution in [2.75, 3.05) is 13.1 Å². The lowest BCUT2D eigenvalue weighted by molar-refractivity contribution is 0.722. The second-order valence-electron chi connectivity index (χ2n) is 3.32. The van der Waals surface area contributed by atoms with Gasteiger partial charge in [0, 0.05) is 6.54 Å². The molecule has 2 aliphatic rings. The van der Waals surface area contributed by atoms with E-state index in [0.29, 0.717) is 0 Å². The molecule has 0 aromatic carbocycles. The molecule has 1 aliphatic heterocycles. The summed E-state index contributed by atoms with van der Waals surface area (Å²) < 4.78 is 0. The van der Waals surface area contributed by atoms with Gasteiger partial charge in [-0.05, 0) is 43.4 Å². The van der Waals surface area contributed by atoms with Crippen molar-refractivity contribution in [3.63, 3.8) is 0 Å². The Labute approximate surface area is 95.7 Å². The summed E-state index contributed by atoms with van der Waals surface area (Å²) in [6.45, 7) is 10.3. The zero-order valence-corrected chi connectivity index (χ0v) is 10.9. The van der Waals surface area contributed by atoms with Gasteiger partial charge in [0.05, 0.1) is 0 Å². The zero-order chi connectivity index (χ0) is 11.5. The van der Waals surface area contributed by atoms with Crippen molar-refractivity contribution in [2.45, 2.75) is 53.4 Å². The highest BCUT2D eigenvalue weighted by atomic mass is 14.9. The van der Waals surface area contributed by atoms with E-state index in [-0.39, 0.29) is 0 Å². The Kier molecular flexibility index (Phi) is 9.60. The molecule has 1 saturated heterocycles. The maximum Gasteiger partial charge on any atom is 0.0204 e. The minimum absolute atomic E-state index is 1.10. The van der Waals surface area contributed by atoms with Gasteiger partial charge in [-0.2, -0.15) is 0 Å². The molecule has 0 spiro atoms. The first-order chi connectivity index (χ1) is 7.47. The highest BCUT2D eigenvalue weighted by Gasteiger charge is 2.10. The number of hydrogen-bond donors (Lipinski definition) is 1. The molecule has 88 valence electrons. The Balaban J connectivity index is 0.000000442. The lowest BCUT2D eigenvalue weighted by Crippen LogP contribution is -2.15. The fourth-order valence-corrected chi connectivity index (χ4v) is 1.85. The highest BCUT2D eigenvalue weighted by molar-refractivity contribution is 5.35. The molecule has 1 N–H and O–H groups in total. The molecule has 0 aromatic rings. The summed E-state index contributed by atoms with van der Waals surface area (Å²) in [6, 6.07) is 0. The Hall–Kier alpha value is -0.560. The number of allylic oxidation sites excluding steroid dienone is 2. The summed E-state index contributed by atoms with van der Waals surface area (Å²) in [5, 5.41) is 3.44. The van der Waals surface area contributed by atoms with Crippen molar-refractivity contribution in [1.29, 1.82) is 0 Å². The van der Waals surface area contributed by atoms with Gasteiger partial charge >= 0.3 is 0 Å². The van der Waals surface area contributed by atoms with E-state index in [9.17, 15) is 0 Å². The number of fused-ring (bicyclic) bond motifs is 1. The molecular weight excluding hydrogens is 182 g/mol. The molecule has 1 nitrogen and oxygen atoms in total. The first-order valence-corrected chi connectivity index (χ1v) is 6.56. The summed E-state index contributed by atoms with van der Waals surface area (Å²) >= 11 is 0. The summed E-state index contributed by atoms with van der Waals surface area (Å²) in [5.41, 5.74) is 3.18. The number of rotatable bonds is 0. The van der Waals surface area contributed by atoms with Crippen molar-refractivity contribution >= 4 is 0 Å². The summed E-state index contributed by atoms with van der Waals surface area (Å²) in [4.78, 5) is 0. The second kappa shape index (κ2) is 9.97. The number of nitrogens with one attached hydrogen (secondary N) is 1. The zero-order valence-electron chi connectivity index (χ0n) is 10.9. The van der Waals surface area contributed by atoms with Crippen LogP contribution in [0, 0.1) is 0 Å². The molecule has 0 unspecified atom stereocenters. The average molecular weight is 209 g/mol. The predicted molar refractivity (Wildman–Crippen MR) is 70.2 cm³/mol. The quantitative estimate of drug-likeness (QED) is 0.634. The van der Waals surface area contributed by atoms with Crippen LogP contribution in [0.1, 0.15) is 53.4 Å². The molecule has 1 aliphatic carbocycles. The standard InChI is InChI=1S/C10H15N.2C2H6/c1-2-5-10-8-11-7-3-6-9(10)4-1;2*1-2/h4-5,11H,1-3,6-8H2;2*1-2H3. The maximum atomic E-state index is 3.44. The van der Waals surface area contributed by atoms with E-state index < -0.39 is 0 Å². The molecule has 0 atom stereocenters. The van der Waals surface area contributed by atoms with Crippen LogP contribution in [0.3, 0.4) is 0 Å². The Morgan fingerprint density at radius 1 is 0.933 bits per heavy atom. The van der Waals surface area contributed by atoms with Crippen LogP contribution in [0.2, 0.25) is 0 Å². The van der Waals surface area contributed by atoms with Crippen molar-refractivity contribution in [1.82, 2.24) is 5.32 Å². The van der Waals surface area contributed by atoms with Crippen molar-refractivity contribution in [3.05, 3.63) is 23.3 Å². The fraction of sp³-hybridized carbons (Fsp3) is 0.714. The van der Waals surface area contributed by atoms with Gasteiger partial charge in [0.2, 0.25) is 0 Å². The van der Waals surface area contributed by atoms with Crippen molar-refractivity contribution in [3.8, 4) is 0 Å². The van der Waals surface area contributed by atoms with Gasteiger partial charge in [-0.1, -0.05) is 39.8 Å². The van der Waals surface area contributed by atoms with E-state index in [0.717, 1.165) is 6.54 Å². The summed E-state index contributed by atoms with van der Waals surface area (Å²) in [7, 11) is 0. The van der Waals surface area contributed by atoms with E-state index in [1.807, 2.05) is 27.7 Å². The smallest absolute Gasteiger partial charge is 0.0204 e. The average Bonchev–Trinajstić information content (AvgIpc) is 2.59.